The molecule has 0 fully saturated rings. The number of nitrogens with one attached hydrogen (secondary N) is 1. The first-order valence-electron chi connectivity index (χ1n) is 8.54. The number of benzene rings is 2. The second-order valence-corrected chi connectivity index (χ2v) is 7.27. The van der Waals surface area contributed by atoms with Crippen molar-refractivity contribution >= 4 is 23.4 Å². The second kappa shape index (κ2) is 7.75. The molecule has 0 saturated carbocycles. The first-order valence-corrected chi connectivity index (χ1v) is 9.52. The maximum atomic E-state index is 12.5. The minimum Gasteiger partial charge on any atom is -0.370 e. The quantitative estimate of drug-likeness (QED) is 0.887. The predicted octanol–water partition coefficient (Wildman–Crippen LogP) is 4.15. The number of carbonyl (C=O) groups excluding carboxylic acids is 1. The van der Waals surface area contributed by atoms with Gasteiger partial charge < -0.3 is 10.2 Å². The van der Waals surface area contributed by atoms with Crippen molar-refractivity contribution in [3.05, 3.63) is 59.7 Å². The zero-order valence-electron chi connectivity index (χ0n) is 14.3. The smallest absolute Gasteiger partial charge is 0.251 e. The maximum absolute atomic E-state index is 12.5. The van der Waals surface area contributed by atoms with Gasteiger partial charge >= 0.3 is 0 Å². The van der Waals surface area contributed by atoms with Gasteiger partial charge in [-0.05, 0) is 36.6 Å². The van der Waals surface area contributed by atoms with E-state index in [1.165, 1.54) is 16.1 Å². The Morgan fingerprint density at radius 2 is 2.04 bits per heavy atom. The van der Waals surface area contributed by atoms with Gasteiger partial charge in [-0.3, -0.25) is 4.79 Å². The Labute approximate surface area is 148 Å². The Morgan fingerprint density at radius 1 is 1.25 bits per heavy atom. The van der Waals surface area contributed by atoms with E-state index in [-0.39, 0.29) is 5.91 Å². The van der Waals surface area contributed by atoms with Crippen molar-refractivity contribution in [2.24, 2.45) is 0 Å². The van der Waals surface area contributed by atoms with Crippen LogP contribution in [0.1, 0.15) is 35.7 Å². The molecule has 3 nitrogen and oxygen atoms in total. The molecular formula is C20H24N2OS. The Kier molecular flexibility index (Phi) is 5.46. The topological polar surface area (TPSA) is 32.3 Å². The molecule has 1 aliphatic heterocycles. The van der Waals surface area contributed by atoms with Crippen molar-refractivity contribution in [2.45, 2.75) is 24.7 Å². The molecule has 0 unspecified atom stereocenters. The van der Waals surface area contributed by atoms with Gasteiger partial charge in [0.15, 0.2) is 0 Å². The van der Waals surface area contributed by atoms with Gasteiger partial charge in [-0.2, -0.15) is 0 Å². The van der Waals surface area contributed by atoms with E-state index in [4.69, 9.17) is 0 Å². The number of amides is 1. The molecule has 0 saturated heterocycles. The normalized spacial score (nSPS) is 14.8. The van der Waals surface area contributed by atoms with E-state index < -0.39 is 0 Å². The summed E-state index contributed by atoms with van der Waals surface area (Å²) in [7, 11) is 0. The van der Waals surface area contributed by atoms with E-state index >= 15 is 0 Å². The van der Waals surface area contributed by atoms with E-state index in [1.807, 2.05) is 42.1 Å². The van der Waals surface area contributed by atoms with Crippen LogP contribution in [0.5, 0.6) is 0 Å². The van der Waals surface area contributed by atoms with Crippen LogP contribution >= 0.6 is 11.8 Å². The van der Waals surface area contributed by atoms with Gasteiger partial charge in [0.05, 0.1) is 5.69 Å². The molecule has 2 aromatic carbocycles. The van der Waals surface area contributed by atoms with Gasteiger partial charge in [-0.15, -0.1) is 11.8 Å². The fraction of sp³-hybridized carbons (Fsp3) is 0.350. The number of rotatable bonds is 5. The van der Waals surface area contributed by atoms with Gasteiger partial charge in [0.25, 0.3) is 5.91 Å². The third-order valence-electron chi connectivity index (χ3n) is 4.50. The van der Waals surface area contributed by atoms with Gasteiger partial charge in [0, 0.05) is 35.8 Å². The summed E-state index contributed by atoms with van der Waals surface area (Å²) < 4.78 is 0. The van der Waals surface area contributed by atoms with Crippen molar-refractivity contribution in [1.29, 1.82) is 0 Å². The second-order valence-electron chi connectivity index (χ2n) is 6.13. The zero-order chi connectivity index (χ0) is 16.9. The number of hydrogen-bond donors (Lipinski definition) is 1. The highest BCUT2D eigenvalue weighted by atomic mass is 32.2. The monoisotopic (exact) mass is 340 g/mol. The molecule has 126 valence electrons. The van der Waals surface area contributed by atoms with Crippen LogP contribution in [0.4, 0.5) is 5.69 Å². The lowest BCUT2D eigenvalue weighted by molar-refractivity contribution is 0.0951. The Hall–Kier alpha value is -1.94. The fourth-order valence-corrected chi connectivity index (χ4v) is 4.02. The SMILES string of the molecule is CCN1CCSc2ccc(C(=O)NC[C@@H](C)c3ccccc3)cc21. The van der Waals surface area contributed by atoms with Gasteiger partial charge in [0.2, 0.25) is 0 Å². The number of nitrogens with zero attached hydrogens (tertiary/aromatic N) is 1. The molecule has 0 radical (unpaired) electrons. The van der Waals surface area contributed by atoms with E-state index in [0.717, 1.165) is 24.4 Å². The summed E-state index contributed by atoms with van der Waals surface area (Å²) in [5, 5.41) is 3.07. The summed E-state index contributed by atoms with van der Waals surface area (Å²) in [6.45, 7) is 6.96. The van der Waals surface area contributed by atoms with Crippen LogP contribution in [0.15, 0.2) is 53.4 Å². The zero-order valence-corrected chi connectivity index (χ0v) is 15.1. The van der Waals surface area contributed by atoms with E-state index in [2.05, 4.69) is 42.3 Å². The van der Waals surface area contributed by atoms with Gasteiger partial charge in [0.1, 0.15) is 0 Å². The molecule has 0 aliphatic carbocycles. The van der Waals surface area contributed by atoms with Crippen molar-refractivity contribution in [3.8, 4) is 0 Å². The van der Waals surface area contributed by atoms with Crippen LogP contribution in [0.25, 0.3) is 0 Å². The first-order chi connectivity index (χ1) is 11.7. The molecule has 0 spiro atoms. The maximum Gasteiger partial charge on any atom is 0.251 e. The average Bonchev–Trinajstić information content (AvgIpc) is 2.65. The summed E-state index contributed by atoms with van der Waals surface area (Å²) >= 11 is 1.87. The number of anilines is 1. The number of thioether (sulfide) groups is 1. The molecule has 0 bridgehead atoms. The molecule has 1 amide bonds. The summed E-state index contributed by atoms with van der Waals surface area (Å²) in [5.41, 5.74) is 3.18. The molecule has 24 heavy (non-hydrogen) atoms. The molecule has 1 heterocycles. The van der Waals surface area contributed by atoms with Gasteiger partial charge in [-0.25, -0.2) is 0 Å². The van der Waals surface area contributed by atoms with Crippen LogP contribution in [0.3, 0.4) is 0 Å². The number of hydrogen-bond acceptors (Lipinski definition) is 3. The van der Waals surface area contributed by atoms with Gasteiger partial charge in [-0.1, -0.05) is 37.3 Å². The van der Waals surface area contributed by atoms with Crippen LogP contribution in [-0.4, -0.2) is 31.3 Å². The summed E-state index contributed by atoms with van der Waals surface area (Å²) in [6.07, 6.45) is 0. The minimum absolute atomic E-state index is 0.00667. The van der Waals surface area contributed by atoms with Crippen molar-refractivity contribution in [3.63, 3.8) is 0 Å². The van der Waals surface area contributed by atoms with Crippen molar-refractivity contribution < 1.29 is 4.79 Å². The highest BCUT2D eigenvalue weighted by molar-refractivity contribution is 7.99. The summed E-state index contributed by atoms with van der Waals surface area (Å²) in [5.74, 6) is 1.42. The molecule has 1 N–H and O–H groups in total. The lowest BCUT2D eigenvalue weighted by Gasteiger charge is -2.30. The van der Waals surface area contributed by atoms with Crippen LogP contribution in [0, 0.1) is 0 Å². The molecule has 1 atom stereocenters. The highest BCUT2D eigenvalue weighted by Gasteiger charge is 2.18. The molecule has 3 rings (SSSR count). The molecule has 4 heteroatoms. The predicted molar refractivity (Wildman–Crippen MR) is 102 cm³/mol. The van der Waals surface area contributed by atoms with Crippen LogP contribution < -0.4 is 10.2 Å². The number of fused-ring (bicyclic) bond motifs is 1. The molecule has 2 aromatic rings. The van der Waals surface area contributed by atoms with E-state index in [0.29, 0.717) is 12.5 Å². The number of carbonyl (C=O) groups is 1. The third-order valence-corrected chi connectivity index (χ3v) is 5.54. The summed E-state index contributed by atoms with van der Waals surface area (Å²) in [4.78, 5) is 16.1. The molecular weight excluding hydrogens is 316 g/mol. The van der Waals surface area contributed by atoms with Crippen molar-refractivity contribution in [2.75, 3.05) is 30.3 Å². The molecule has 0 aromatic heterocycles. The van der Waals surface area contributed by atoms with Crippen LogP contribution in [0.2, 0.25) is 0 Å². The highest BCUT2D eigenvalue weighted by Crippen LogP contribution is 2.35. The lowest BCUT2D eigenvalue weighted by atomic mass is 10.0. The van der Waals surface area contributed by atoms with E-state index in [9.17, 15) is 4.79 Å². The largest absolute Gasteiger partial charge is 0.370 e. The standard InChI is InChI=1S/C20H24N2OS/c1-3-22-11-12-24-19-10-9-17(13-18(19)22)20(23)21-14-15(2)16-7-5-4-6-8-16/h4-10,13,15H,3,11-12,14H2,1-2H3,(H,21,23)/t15-/m1/s1. The average molecular weight is 340 g/mol. The third kappa shape index (κ3) is 3.75. The fourth-order valence-electron chi connectivity index (χ4n) is 2.99. The summed E-state index contributed by atoms with van der Waals surface area (Å²) in [6, 6.07) is 16.3. The van der Waals surface area contributed by atoms with Crippen molar-refractivity contribution in [1.82, 2.24) is 5.32 Å². The van der Waals surface area contributed by atoms with E-state index in [1.54, 1.807) is 0 Å². The first kappa shape index (κ1) is 16.9. The Bertz CT molecular complexity index is 702. The molecule has 1 aliphatic rings. The minimum atomic E-state index is 0.00667. The lowest BCUT2D eigenvalue weighted by Crippen LogP contribution is -2.30. The Balaban J connectivity index is 1.67. The van der Waals surface area contributed by atoms with Crippen LogP contribution in [-0.2, 0) is 0 Å². The Morgan fingerprint density at radius 3 is 2.79 bits per heavy atom.